The molecule has 0 saturated carbocycles. The van der Waals surface area contributed by atoms with E-state index < -0.39 is 11.6 Å². The van der Waals surface area contributed by atoms with Gasteiger partial charge in [-0.2, -0.15) is 0 Å². The zero-order chi connectivity index (χ0) is 9.42. The van der Waals surface area contributed by atoms with Gasteiger partial charge in [-0.3, -0.25) is 0 Å². The first kappa shape index (κ1) is 8.63. The summed E-state index contributed by atoms with van der Waals surface area (Å²) in [5.41, 5.74) is 0.570. The van der Waals surface area contributed by atoms with Gasteiger partial charge in [-0.15, -0.1) is 0 Å². The highest BCUT2D eigenvalue weighted by molar-refractivity contribution is 5.24. The highest BCUT2D eigenvalue weighted by atomic mass is 19.1. The minimum absolute atomic E-state index is 0.0561. The lowest BCUT2D eigenvalue weighted by Gasteiger charge is -2.36. The summed E-state index contributed by atoms with van der Waals surface area (Å²) >= 11 is 0. The van der Waals surface area contributed by atoms with Crippen LogP contribution in [0.25, 0.3) is 0 Å². The molecule has 1 N–H and O–H groups in total. The van der Waals surface area contributed by atoms with Crippen LogP contribution in [0.5, 0.6) is 0 Å². The molecule has 0 aromatic heterocycles. The molecule has 1 nitrogen and oxygen atoms in total. The van der Waals surface area contributed by atoms with Crippen LogP contribution in [0.2, 0.25) is 0 Å². The maximum absolute atomic E-state index is 13.2. The first-order chi connectivity index (χ1) is 6.18. The SMILES string of the molecule is CC1CNC1c1ccc(F)cc1F. The number of hydrogen-bond donors (Lipinski definition) is 1. The molecule has 0 radical (unpaired) electrons. The van der Waals surface area contributed by atoms with Gasteiger partial charge < -0.3 is 5.32 Å². The van der Waals surface area contributed by atoms with Gasteiger partial charge in [0.1, 0.15) is 11.6 Å². The molecule has 2 unspecified atom stereocenters. The van der Waals surface area contributed by atoms with Crippen LogP contribution in [0.15, 0.2) is 18.2 Å². The zero-order valence-corrected chi connectivity index (χ0v) is 7.35. The third kappa shape index (κ3) is 1.44. The summed E-state index contributed by atoms with van der Waals surface area (Å²) < 4.78 is 25.8. The van der Waals surface area contributed by atoms with E-state index in [0.29, 0.717) is 11.5 Å². The Morgan fingerprint density at radius 1 is 1.38 bits per heavy atom. The van der Waals surface area contributed by atoms with Crippen molar-refractivity contribution in [2.24, 2.45) is 5.92 Å². The van der Waals surface area contributed by atoms with Crippen molar-refractivity contribution in [2.75, 3.05) is 6.54 Å². The van der Waals surface area contributed by atoms with Crippen LogP contribution in [-0.2, 0) is 0 Å². The monoisotopic (exact) mass is 183 g/mol. The molecule has 1 saturated heterocycles. The van der Waals surface area contributed by atoms with Gasteiger partial charge in [-0.1, -0.05) is 13.0 Å². The van der Waals surface area contributed by atoms with E-state index in [2.05, 4.69) is 5.32 Å². The quantitative estimate of drug-likeness (QED) is 0.704. The number of halogens is 2. The Kier molecular flexibility index (Phi) is 2.04. The van der Waals surface area contributed by atoms with Gasteiger partial charge in [0, 0.05) is 24.2 Å². The van der Waals surface area contributed by atoms with E-state index in [9.17, 15) is 8.78 Å². The van der Waals surface area contributed by atoms with Crippen molar-refractivity contribution in [3.8, 4) is 0 Å². The molecule has 0 bridgehead atoms. The van der Waals surface area contributed by atoms with E-state index >= 15 is 0 Å². The summed E-state index contributed by atoms with van der Waals surface area (Å²) in [5.74, 6) is -0.544. The second-order valence-corrected chi connectivity index (χ2v) is 3.53. The van der Waals surface area contributed by atoms with Crippen LogP contribution in [0, 0.1) is 17.6 Å². The summed E-state index contributed by atoms with van der Waals surface area (Å²) in [4.78, 5) is 0. The molecule has 2 rings (SSSR count). The molecule has 0 aliphatic carbocycles. The van der Waals surface area contributed by atoms with Crippen molar-refractivity contribution in [1.82, 2.24) is 5.32 Å². The Hall–Kier alpha value is -0.960. The van der Waals surface area contributed by atoms with E-state index in [4.69, 9.17) is 0 Å². The number of hydrogen-bond acceptors (Lipinski definition) is 1. The lowest BCUT2D eigenvalue weighted by Crippen LogP contribution is -2.44. The van der Waals surface area contributed by atoms with E-state index in [1.807, 2.05) is 6.92 Å². The number of rotatable bonds is 1. The summed E-state index contributed by atoms with van der Waals surface area (Å²) in [6.07, 6.45) is 0. The van der Waals surface area contributed by atoms with Crippen molar-refractivity contribution in [3.63, 3.8) is 0 Å². The molecular formula is C10H11F2N. The van der Waals surface area contributed by atoms with Gasteiger partial charge in [-0.25, -0.2) is 8.78 Å². The van der Waals surface area contributed by atoms with Crippen LogP contribution >= 0.6 is 0 Å². The molecule has 1 aromatic rings. The highest BCUT2D eigenvalue weighted by Gasteiger charge is 2.29. The summed E-state index contributed by atoms with van der Waals surface area (Å²) in [7, 11) is 0. The summed E-state index contributed by atoms with van der Waals surface area (Å²) in [5, 5.41) is 3.11. The molecule has 2 atom stereocenters. The van der Waals surface area contributed by atoms with Crippen molar-refractivity contribution >= 4 is 0 Å². The molecule has 1 fully saturated rings. The second kappa shape index (κ2) is 3.07. The second-order valence-electron chi connectivity index (χ2n) is 3.53. The van der Waals surface area contributed by atoms with Crippen LogP contribution in [0.1, 0.15) is 18.5 Å². The van der Waals surface area contributed by atoms with Crippen LogP contribution in [-0.4, -0.2) is 6.54 Å². The van der Waals surface area contributed by atoms with Gasteiger partial charge in [0.15, 0.2) is 0 Å². The Balaban J connectivity index is 2.30. The van der Waals surface area contributed by atoms with E-state index in [1.165, 1.54) is 12.1 Å². The van der Waals surface area contributed by atoms with Crippen molar-refractivity contribution in [2.45, 2.75) is 13.0 Å². The first-order valence-electron chi connectivity index (χ1n) is 4.37. The third-order valence-corrected chi connectivity index (χ3v) is 2.53. The largest absolute Gasteiger partial charge is 0.309 e. The fraction of sp³-hybridized carbons (Fsp3) is 0.400. The van der Waals surface area contributed by atoms with Crippen LogP contribution < -0.4 is 5.32 Å². The van der Waals surface area contributed by atoms with Gasteiger partial charge in [-0.05, 0) is 12.0 Å². The minimum atomic E-state index is -0.520. The highest BCUT2D eigenvalue weighted by Crippen LogP contribution is 2.30. The number of nitrogens with one attached hydrogen (secondary N) is 1. The predicted molar refractivity (Wildman–Crippen MR) is 46.3 cm³/mol. The molecule has 3 heteroatoms. The molecule has 1 aliphatic heterocycles. The molecule has 0 amide bonds. The molecule has 13 heavy (non-hydrogen) atoms. The van der Waals surface area contributed by atoms with Gasteiger partial charge in [0.05, 0.1) is 0 Å². The topological polar surface area (TPSA) is 12.0 Å². The zero-order valence-electron chi connectivity index (χ0n) is 7.35. The summed E-state index contributed by atoms with van der Waals surface area (Å²) in [6, 6.07) is 3.80. The number of benzene rings is 1. The summed E-state index contributed by atoms with van der Waals surface area (Å²) in [6.45, 7) is 2.95. The van der Waals surface area contributed by atoms with Crippen molar-refractivity contribution in [1.29, 1.82) is 0 Å². The Labute approximate surface area is 75.8 Å². The smallest absolute Gasteiger partial charge is 0.130 e. The molecule has 1 heterocycles. The minimum Gasteiger partial charge on any atom is -0.309 e. The van der Waals surface area contributed by atoms with E-state index in [1.54, 1.807) is 0 Å². The predicted octanol–water partition coefficient (Wildman–Crippen LogP) is 2.25. The van der Waals surface area contributed by atoms with Gasteiger partial charge in [0.25, 0.3) is 0 Å². The molecule has 70 valence electrons. The Morgan fingerprint density at radius 3 is 2.62 bits per heavy atom. The molecule has 1 aliphatic rings. The van der Waals surface area contributed by atoms with E-state index in [0.717, 1.165) is 12.6 Å². The maximum Gasteiger partial charge on any atom is 0.130 e. The molecule has 0 spiro atoms. The van der Waals surface area contributed by atoms with Crippen molar-refractivity contribution in [3.05, 3.63) is 35.4 Å². The fourth-order valence-electron chi connectivity index (χ4n) is 1.64. The lowest BCUT2D eigenvalue weighted by molar-refractivity contribution is 0.251. The molecule has 1 aromatic carbocycles. The molecular weight excluding hydrogens is 172 g/mol. The van der Waals surface area contributed by atoms with E-state index in [-0.39, 0.29) is 6.04 Å². The van der Waals surface area contributed by atoms with Crippen molar-refractivity contribution < 1.29 is 8.78 Å². The fourth-order valence-corrected chi connectivity index (χ4v) is 1.64. The van der Waals surface area contributed by atoms with Gasteiger partial charge in [0.2, 0.25) is 0 Å². The lowest BCUT2D eigenvalue weighted by atomic mass is 9.87. The van der Waals surface area contributed by atoms with Gasteiger partial charge >= 0.3 is 0 Å². The first-order valence-corrected chi connectivity index (χ1v) is 4.37. The van der Waals surface area contributed by atoms with Crippen LogP contribution in [0.3, 0.4) is 0 Å². The maximum atomic E-state index is 13.2. The average molecular weight is 183 g/mol. The standard InChI is InChI=1S/C10H11F2N/c1-6-5-13-10(6)8-3-2-7(11)4-9(8)12/h2-4,6,10,13H,5H2,1H3. The Bertz CT molecular complexity index is 325. The average Bonchev–Trinajstić information content (AvgIpc) is 2.07. The third-order valence-electron chi connectivity index (χ3n) is 2.53. The van der Waals surface area contributed by atoms with Crippen LogP contribution in [0.4, 0.5) is 8.78 Å². The normalized spacial score (nSPS) is 27.0. The Morgan fingerprint density at radius 2 is 2.15 bits per heavy atom.